The van der Waals surface area contributed by atoms with Crippen LogP contribution in [-0.2, 0) is 13.0 Å². The molecule has 2 N–H and O–H groups in total. The summed E-state index contributed by atoms with van der Waals surface area (Å²) >= 11 is 0. The van der Waals surface area contributed by atoms with Crippen LogP contribution in [0.2, 0.25) is 0 Å². The zero-order valence-corrected chi connectivity index (χ0v) is 14.4. The van der Waals surface area contributed by atoms with Crippen molar-refractivity contribution in [3.63, 3.8) is 0 Å². The second-order valence-electron chi connectivity index (χ2n) is 5.55. The Morgan fingerprint density at radius 2 is 2.00 bits per heavy atom. The van der Waals surface area contributed by atoms with E-state index < -0.39 is 0 Å². The number of aliphatic imine (C=N–C) groups is 1. The number of hydrogen-bond acceptors (Lipinski definition) is 2. The number of methoxy groups -OCH3 is 1. The SMILES string of the molecule is CN=C(NCCc1cc(C)ccc1OC)NCc1cccc(F)c1. The maximum Gasteiger partial charge on any atom is 0.191 e. The molecule has 24 heavy (non-hydrogen) atoms. The van der Waals surface area contributed by atoms with Crippen molar-refractivity contribution in [2.45, 2.75) is 19.9 Å². The monoisotopic (exact) mass is 329 g/mol. The minimum absolute atomic E-state index is 0.233. The Balaban J connectivity index is 1.85. The van der Waals surface area contributed by atoms with Crippen LogP contribution < -0.4 is 15.4 Å². The Morgan fingerprint density at radius 3 is 2.71 bits per heavy atom. The molecule has 0 aromatic heterocycles. The number of aryl methyl sites for hydroxylation is 1. The number of guanidine groups is 1. The second kappa shape index (κ2) is 8.91. The van der Waals surface area contributed by atoms with Crippen LogP contribution in [0, 0.1) is 12.7 Å². The Hall–Kier alpha value is -2.56. The smallest absolute Gasteiger partial charge is 0.191 e. The van der Waals surface area contributed by atoms with Gasteiger partial charge >= 0.3 is 0 Å². The predicted molar refractivity (Wildman–Crippen MR) is 96.0 cm³/mol. The van der Waals surface area contributed by atoms with Crippen molar-refractivity contribution in [2.75, 3.05) is 20.7 Å². The molecule has 0 unspecified atom stereocenters. The van der Waals surface area contributed by atoms with Gasteiger partial charge in [0.05, 0.1) is 7.11 Å². The van der Waals surface area contributed by atoms with Gasteiger partial charge in [-0.15, -0.1) is 0 Å². The molecule has 0 radical (unpaired) electrons. The molecule has 128 valence electrons. The van der Waals surface area contributed by atoms with Crippen LogP contribution in [0.25, 0.3) is 0 Å². The first-order valence-electron chi connectivity index (χ1n) is 7.95. The highest BCUT2D eigenvalue weighted by molar-refractivity contribution is 5.79. The van der Waals surface area contributed by atoms with Crippen molar-refractivity contribution in [1.82, 2.24) is 10.6 Å². The van der Waals surface area contributed by atoms with Crippen LogP contribution in [0.3, 0.4) is 0 Å². The van der Waals surface area contributed by atoms with E-state index in [1.807, 2.05) is 18.2 Å². The van der Waals surface area contributed by atoms with Crippen LogP contribution in [0.5, 0.6) is 5.75 Å². The summed E-state index contributed by atoms with van der Waals surface area (Å²) < 4.78 is 18.6. The standard InChI is InChI=1S/C19H24FN3O/c1-14-7-8-18(24-3)16(11-14)9-10-22-19(21-2)23-13-15-5-4-6-17(20)12-15/h4-8,11-12H,9-10,13H2,1-3H3,(H2,21,22,23). The van der Waals surface area contributed by atoms with Crippen molar-refractivity contribution in [3.8, 4) is 5.75 Å². The van der Waals surface area contributed by atoms with E-state index in [4.69, 9.17) is 4.74 Å². The maximum absolute atomic E-state index is 13.2. The topological polar surface area (TPSA) is 45.7 Å². The van der Waals surface area contributed by atoms with E-state index in [-0.39, 0.29) is 5.82 Å². The molecule has 0 saturated heterocycles. The minimum atomic E-state index is -0.233. The fourth-order valence-electron chi connectivity index (χ4n) is 2.47. The van der Waals surface area contributed by atoms with Crippen LogP contribution in [0.4, 0.5) is 4.39 Å². The molecule has 0 saturated carbocycles. The maximum atomic E-state index is 13.2. The Labute approximate surface area is 142 Å². The van der Waals surface area contributed by atoms with Crippen molar-refractivity contribution in [3.05, 3.63) is 65.0 Å². The number of nitrogens with zero attached hydrogens (tertiary/aromatic N) is 1. The first-order valence-corrected chi connectivity index (χ1v) is 7.95. The van der Waals surface area contributed by atoms with Crippen LogP contribution in [0.1, 0.15) is 16.7 Å². The van der Waals surface area contributed by atoms with Crippen molar-refractivity contribution < 1.29 is 9.13 Å². The zero-order chi connectivity index (χ0) is 17.4. The molecule has 4 nitrogen and oxygen atoms in total. The summed E-state index contributed by atoms with van der Waals surface area (Å²) in [5.74, 6) is 1.35. The molecule has 0 atom stereocenters. The van der Waals surface area contributed by atoms with E-state index in [2.05, 4.69) is 28.6 Å². The summed E-state index contributed by atoms with van der Waals surface area (Å²) in [6, 6.07) is 12.7. The normalized spacial score (nSPS) is 11.2. The first-order chi connectivity index (χ1) is 11.6. The van der Waals surface area contributed by atoms with Gasteiger partial charge in [0.15, 0.2) is 5.96 Å². The number of ether oxygens (including phenoxy) is 1. The number of halogens is 1. The van der Waals surface area contributed by atoms with Gasteiger partial charge in [0.1, 0.15) is 11.6 Å². The Morgan fingerprint density at radius 1 is 1.17 bits per heavy atom. The average Bonchev–Trinajstić information content (AvgIpc) is 2.58. The number of benzene rings is 2. The number of hydrogen-bond donors (Lipinski definition) is 2. The Kier molecular flexibility index (Phi) is 6.61. The molecule has 0 bridgehead atoms. The first kappa shape index (κ1) is 17.8. The summed E-state index contributed by atoms with van der Waals surface area (Å²) in [6.45, 7) is 3.31. The summed E-state index contributed by atoms with van der Waals surface area (Å²) in [5, 5.41) is 6.44. The van der Waals surface area contributed by atoms with Crippen LogP contribution >= 0.6 is 0 Å². The van der Waals surface area contributed by atoms with Gasteiger partial charge in [-0.2, -0.15) is 0 Å². The van der Waals surface area contributed by atoms with Gasteiger partial charge in [-0.05, 0) is 42.7 Å². The lowest BCUT2D eigenvalue weighted by atomic mass is 10.1. The molecule has 0 heterocycles. The fourth-order valence-corrected chi connectivity index (χ4v) is 2.47. The molecule has 2 aromatic carbocycles. The van der Waals surface area contributed by atoms with Crippen molar-refractivity contribution in [2.24, 2.45) is 4.99 Å². The molecule has 0 aliphatic heterocycles. The second-order valence-corrected chi connectivity index (χ2v) is 5.55. The van der Waals surface area contributed by atoms with E-state index in [0.717, 1.165) is 29.8 Å². The third-order valence-corrected chi connectivity index (χ3v) is 3.70. The minimum Gasteiger partial charge on any atom is -0.496 e. The van der Waals surface area contributed by atoms with Crippen LogP contribution in [-0.4, -0.2) is 26.7 Å². The van der Waals surface area contributed by atoms with E-state index in [1.54, 1.807) is 20.2 Å². The number of rotatable bonds is 6. The highest BCUT2D eigenvalue weighted by Crippen LogP contribution is 2.19. The predicted octanol–water partition coefficient (Wildman–Crippen LogP) is 3.05. The highest BCUT2D eigenvalue weighted by atomic mass is 19.1. The average molecular weight is 329 g/mol. The molecule has 0 aliphatic rings. The van der Waals surface area contributed by atoms with Gasteiger partial charge in [-0.1, -0.05) is 29.8 Å². The van der Waals surface area contributed by atoms with E-state index in [9.17, 15) is 4.39 Å². The third kappa shape index (κ3) is 5.26. The van der Waals surface area contributed by atoms with Crippen molar-refractivity contribution in [1.29, 1.82) is 0 Å². The Bertz CT molecular complexity index is 701. The molecule has 2 rings (SSSR count). The van der Waals surface area contributed by atoms with E-state index in [0.29, 0.717) is 12.5 Å². The highest BCUT2D eigenvalue weighted by Gasteiger charge is 2.04. The largest absolute Gasteiger partial charge is 0.496 e. The lowest BCUT2D eigenvalue weighted by Crippen LogP contribution is -2.37. The summed E-state index contributed by atoms with van der Waals surface area (Å²) in [5.41, 5.74) is 3.24. The molecular formula is C19H24FN3O. The van der Waals surface area contributed by atoms with Gasteiger partial charge in [0.2, 0.25) is 0 Å². The molecular weight excluding hydrogens is 305 g/mol. The number of nitrogens with one attached hydrogen (secondary N) is 2. The molecule has 0 amide bonds. The van der Waals surface area contributed by atoms with Gasteiger partial charge in [0, 0.05) is 20.1 Å². The molecule has 0 spiro atoms. The summed E-state index contributed by atoms with van der Waals surface area (Å²) in [4.78, 5) is 4.19. The fraction of sp³-hybridized carbons (Fsp3) is 0.316. The van der Waals surface area contributed by atoms with Crippen molar-refractivity contribution >= 4 is 5.96 Å². The lowest BCUT2D eigenvalue weighted by Gasteiger charge is -2.13. The van der Waals surface area contributed by atoms with E-state index >= 15 is 0 Å². The summed E-state index contributed by atoms with van der Waals surface area (Å²) in [6.07, 6.45) is 0.825. The molecule has 2 aromatic rings. The lowest BCUT2D eigenvalue weighted by molar-refractivity contribution is 0.409. The quantitative estimate of drug-likeness (QED) is 0.632. The van der Waals surface area contributed by atoms with Gasteiger partial charge < -0.3 is 15.4 Å². The summed E-state index contributed by atoms with van der Waals surface area (Å²) in [7, 11) is 3.40. The van der Waals surface area contributed by atoms with E-state index in [1.165, 1.54) is 17.7 Å². The zero-order valence-electron chi connectivity index (χ0n) is 14.4. The van der Waals surface area contributed by atoms with Crippen LogP contribution in [0.15, 0.2) is 47.5 Å². The van der Waals surface area contributed by atoms with Gasteiger partial charge in [0.25, 0.3) is 0 Å². The molecule has 0 fully saturated rings. The molecule has 0 aliphatic carbocycles. The van der Waals surface area contributed by atoms with Gasteiger partial charge in [-0.3, -0.25) is 4.99 Å². The van der Waals surface area contributed by atoms with Gasteiger partial charge in [-0.25, -0.2) is 4.39 Å². The third-order valence-electron chi connectivity index (χ3n) is 3.70. The molecule has 5 heteroatoms.